The van der Waals surface area contributed by atoms with E-state index in [0.29, 0.717) is 25.2 Å². The number of amides is 2. The van der Waals surface area contributed by atoms with E-state index >= 15 is 0 Å². The molecule has 8 heteroatoms. The van der Waals surface area contributed by atoms with Crippen molar-refractivity contribution < 1.29 is 19.5 Å². The highest BCUT2D eigenvalue weighted by Gasteiger charge is 2.29. The highest BCUT2D eigenvalue weighted by Crippen LogP contribution is 2.33. The molecule has 2 amide bonds. The van der Waals surface area contributed by atoms with Crippen LogP contribution in [0.25, 0.3) is 10.2 Å². The highest BCUT2D eigenvalue weighted by molar-refractivity contribution is 7.17. The molecule has 0 unspecified atom stereocenters. The van der Waals surface area contributed by atoms with E-state index in [1.54, 1.807) is 16.2 Å². The number of nitrogens with zero attached hydrogens (tertiary/aromatic N) is 2. The van der Waals surface area contributed by atoms with E-state index in [1.165, 1.54) is 5.56 Å². The lowest BCUT2D eigenvalue weighted by molar-refractivity contribution is -0.126. The average molecular weight is 580 g/mol. The third-order valence-corrected chi connectivity index (χ3v) is 9.28. The number of aryl methyl sites for hydroxylation is 1. The van der Waals surface area contributed by atoms with Gasteiger partial charge in [-0.2, -0.15) is 0 Å². The summed E-state index contributed by atoms with van der Waals surface area (Å²) in [6, 6.07) is 12.0. The van der Waals surface area contributed by atoms with Crippen LogP contribution in [0.1, 0.15) is 87.7 Å². The number of rotatable bonds is 15. The summed E-state index contributed by atoms with van der Waals surface area (Å²) in [4.78, 5) is 41.6. The molecule has 0 saturated heterocycles. The molecule has 2 heterocycles. The molecule has 1 aromatic carbocycles. The summed E-state index contributed by atoms with van der Waals surface area (Å²) in [6.07, 6.45) is 8.48. The summed E-state index contributed by atoms with van der Waals surface area (Å²) in [7, 11) is 0. The number of hydrogen-bond donors (Lipinski definition) is 2. The summed E-state index contributed by atoms with van der Waals surface area (Å²) in [5.74, 6) is 0.462. The number of aromatic nitrogens is 1. The third kappa shape index (κ3) is 8.07. The van der Waals surface area contributed by atoms with Crippen LogP contribution in [-0.4, -0.2) is 47.0 Å². The minimum absolute atomic E-state index is 0.0249. The van der Waals surface area contributed by atoms with Gasteiger partial charge in [0, 0.05) is 37.7 Å². The molecule has 7 nitrogen and oxygen atoms in total. The smallest absolute Gasteiger partial charge is 0.246 e. The van der Waals surface area contributed by atoms with Crippen molar-refractivity contribution in [3.05, 3.63) is 53.0 Å². The molecule has 3 aromatic rings. The predicted molar refractivity (Wildman–Crippen MR) is 167 cm³/mol. The Balaban J connectivity index is 1.35. The molecule has 2 N–H and O–H groups in total. The summed E-state index contributed by atoms with van der Waals surface area (Å²) < 4.78 is 2.93. The standard InChI is InChI=1S/C33H45N3O4S/c1-3-24-10-9-11-27(20-24)35(4-2)32(39)23-36-28-16-19-41-31(28)22-29(36)30(38)21-25-12-14-26(15-13-25)33(40)34-17-7-5-6-8-18-37/h9-11,16,19-20,22,25-26,37H,3-8,12-15,17-18,21,23H2,1-2H3,(H,34,40). The maximum Gasteiger partial charge on any atom is 0.246 e. The lowest BCUT2D eigenvalue weighted by Crippen LogP contribution is -2.35. The van der Waals surface area contributed by atoms with Crippen molar-refractivity contribution in [2.75, 3.05) is 24.6 Å². The van der Waals surface area contributed by atoms with Gasteiger partial charge < -0.3 is 19.9 Å². The number of ketones is 1. The zero-order valence-electron chi connectivity index (χ0n) is 24.6. The van der Waals surface area contributed by atoms with Gasteiger partial charge in [-0.25, -0.2) is 0 Å². The number of Topliss-reactive ketones (excluding diaryl/α,β-unsaturated/α-hetero) is 1. The summed E-state index contributed by atoms with van der Waals surface area (Å²) in [5, 5.41) is 13.9. The summed E-state index contributed by atoms with van der Waals surface area (Å²) in [5.41, 5.74) is 3.62. The van der Waals surface area contributed by atoms with Crippen LogP contribution >= 0.6 is 11.3 Å². The van der Waals surface area contributed by atoms with E-state index < -0.39 is 0 Å². The number of aliphatic hydroxyl groups excluding tert-OH is 1. The minimum atomic E-state index is -0.0292. The van der Waals surface area contributed by atoms with Crippen molar-refractivity contribution in [1.29, 1.82) is 0 Å². The Labute approximate surface area is 247 Å². The molecule has 0 radical (unpaired) electrons. The summed E-state index contributed by atoms with van der Waals surface area (Å²) in [6.45, 7) is 5.69. The van der Waals surface area contributed by atoms with Crippen molar-refractivity contribution in [2.45, 2.75) is 84.6 Å². The van der Waals surface area contributed by atoms with Gasteiger partial charge in [0.25, 0.3) is 0 Å². The van der Waals surface area contributed by atoms with Crippen molar-refractivity contribution >= 4 is 44.8 Å². The molecular formula is C33H45N3O4S. The molecular weight excluding hydrogens is 534 g/mol. The van der Waals surface area contributed by atoms with Gasteiger partial charge in [0.2, 0.25) is 11.8 Å². The van der Waals surface area contributed by atoms with Crippen LogP contribution in [0, 0.1) is 11.8 Å². The fraction of sp³-hybridized carbons (Fsp3) is 0.545. The molecule has 0 bridgehead atoms. The second-order valence-electron chi connectivity index (χ2n) is 11.2. The molecule has 1 fully saturated rings. The minimum Gasteiger partial charge on any atom is -0.396 e. The number of thiophene rings is 1. The van der Waals surface area contributed by atoms with E-state index in [-0.39, 0.29) is 42.6 Å². The van der Waals surface area contributed by atoms with Crippen LogP contribution in [0.5, 0.6) is 0 Å². The highest BCUT2D eigenvalue weighted by atomic mass is 32.1. The molecule has 1 saturated carbocycles. The van der Waals surface area contributed by atoms with E-state index in [4.69, 9.17) is 5.11 Å². The van der Waals surface area contributed by atoms with Crippen LogP contribution in [0.15, 0.2) is 41.8 Å². The van der Waals surface area contributed by atoms with E-state index in [2.05, 4.69) is 24.4 Å². The maximum atomic E-state index is 13.6. The van der Waals surface area contributed by atoms with Gasteiger partial charge in [-0.3, -0.25) is 14.4 Å². The van der Waals surface area contributed by atoms with Gasteiger partial charge in [-0.1, -0.05) is 31.9 Å². The maximum absolute atomic E-state index is 13.6. The van der Waals surface area contributed by atoms with Crippen molar-refractivity contribution in [3.8, 4) is 0 Å². The molecule has 0 spiro atoms. The van der Waals surface area contributed by atoms with Crippen LogP contribution in [-0.2, 0) is 22.6 Å². The molecule has 4 rings (SSSR count). The van der Waals surface area contributed by atoms with Gasteiger partial charge in [0.1, 0.15) is 6.54 Å². The quantitative estimate of drug-likeness (QED) is 0.162. The lowest BCUT2D eigenvalue weighted by atomic mass is 9.79. The van der Waals surface area contributed by atoms with Crippen molar-refractivity contribution in [1.82, 2.24) is 9.88 Å². The number of carbonyl (C=O) groups excluding carboxylic acids is 3. The Kier molecular flexibility index (Phi) is 11.6. The summed E-state index contributed by atoms with van der Waals surface area (Å²) >= 11 is 1.59. The predicted octanol–water partition coefficient (Wildman–Crippen LogP) is 6.37. The number of benzene rings is 1. The third-order valence-electron chi connectivity index (χ3n) is 8.43. The normalized spacial score (nSPS) is 17.0. The first-order valence-corrected chi connectivity index (χ1v) is 16.2. The molecule has 1 aliphatic carbocycles. The monoisotopic (exact) mass is 579 g/mol. The number of likely N-dealkylation sites (N-methyl/N-ethyl adjacent to an activating group) is 1. The van der Waals surface area contributed by atoms with Gasteiger partial charge in [-0.15, -0.1) is 11.3 Å². The number of fused-ring (bicyclic) bond motifs is 1. The molecule has 1 aliphatic rings. The molecule has 2 aromatic heterocycles. The zero-order chi connectivity index (χ0) is 29.2. The van der Waals surface area contributed by atoms with E-state index in [0.717, 1.165) is 73.7 Å². The number of aliphatic hydroxyl groups is 1. The fourth-order valence-electron chi connectivity index (χ4n) is 5.99. The number of unbranched alkanes of at least 4 members (excludes halogenated alkanes) is 3. The zero-order valence-corrected chi connectivity index (χ0v) is 25.4. The SMILES string of the molecule is CCc1cccc(N(CC)C(=O)Cn2c(C(=O)CC3CCC(C(=O)NCCCCCCO)CC3)cc3sccc32)c1. The second kappa shape index (κ2) is 15.3. The largest absolute Gasteiger partial charge is 0.396 e. The van der Waals surface area contributed by atoms with E-state index in [1.807, 2.05) is 41.1 Å². The molecule has 41 heavy (non-hydrogen) atoms. The lowest BCUT2D eigenvalue weighted by Gasteiger charge is -2.27. The Morgan fingerprint density at radius 3 is 2.54 bits per heavy atom. The Morgan fingerprint density at radius 1 is 1.02 bits per heavy atom. The number of nitrogens with one attached hydrogen (secondary N) is 1. The van der Waals surface area contributed by atoms with Gasteiger partial charge in [0.05, 0.1) is 15.9 Å². The van der Waals surface area contributed by atoms with Gasteiger partial charge >= 0.3 is 0 Å². The number of hydrogen-bond acceptors (Lipinski definition) is 5. The van der Waals surface area contributed by atoms with Crippen molar-refractivity contribution in [2.24, 2.45) is 11.8 Å². The average Bonchev–Trinajstić information content (AvgIpc) is 3.58. The Bertz CT molecular complexity index is 1300. The fourth-order valence-corrected chi connectivity index (χ4v) is 6.81. The first-order valence-electron chi connectivity index (χ1n) is 15.3. The van der Waals surface area contributed by atoms with Crippen LogP contribution in [0.3, 0.4) is 0 Å². The van der Waals surface area contributed by atoms with Crippen LogP contribution in [0.4, 0.5) is 5.69 Å². The van der Waals surface area contributed by atoms with Crippen LogP contribution in [0.2, 0.25) is 0 Å². The molecule has 0 atom stereocenters. The first-order chi connectivity index (χ1) is 19.9. The van der Waals surface area contributed by atoms with Gasteiger partial charge in [0.15, 0.2) is 5.78 Å². The molecule has 0 aliphatic heterocycles. The topological polar surface area (TPSA) is 91.6 Å². The van der Waals surface area contributed by atoms with Gasteiger partial charge in [-0.05, 0) is 93.0 Å². The van der Waals surface area contributed by atoms with E-state index in [9.17, 15) is 14.4 Å². The Morgan fingerprint density at radius 2 is 1.80 bits per heavy atom. The number of carbonyl (C=O) groups is 3. The van der Waals surface area contributed by atoms with Crippen LogP contribution < -0.4 is 10.2 Å². The first kappa shape index (κ1) is 31.0. The number of anilines is 1. The van der Waals surface area contributed by atoms with Crippen molar-refractivity contribution in [3.63, 3.8) is 0 Å². The second-order valence-corrected chi connectivity index (χ2v) is 12.2. The molecule has 222 valence electrons. The Hall–Kier alpha value is -2.97.